The van der Waals surface area contributed by atoms with Crippen molar-refractivity contribution in [1.29, 1.82) is 0 Å². The fraction of sp³-hybridized carbons (Fsp3) is 0.577. The molecule has 0 aliphatic carbocycles. The summed E-state index contributed by atoms with van der Waals surface area (Å²) in [5.41, 5.74) is 5.39. The molecule has 0 radical (unpaired) electrons. The quantitative estimate of drug-likeness (QED) is 0.0264. The predicted octanol–water partition coefficient (Wildman–Crippen LogP) is 20.6. The third-order valence-electron chi connectivity index (χ3n) is 12.6. The smallest absolute Gasteiger partial charge is 0.462 e. The summed E-state index contributed by atoms with van der Waals surface area (Å²) >= 11 is 0. The Hall–Kier alpha value is -4.63. The summed E-state index contributed by atoms with van der Waals surface area (Å²) in [4.78, 5) is 35.3. The van der Waals surface area contributed by atoms with Gasteiger partial charge in [-0.2, -0.15) is 0 Å². The van der Waals surface area contributed by atoms with E-state index >= 15 is 0 Å². The molecule has 0 fully saturated rings. The van der Waals surface area contributed by atoms with E-state index < -0.39 is 32.5 Å². The van der Waals surface area contributed by atoms with Crippen LogP contribution in [0.25, 0.3) is 0 Å². The number of rotatable bonds is 57. The molecule has 456 valence electrons. The first-order chi connectivity index (χ1) is 39.8. The lowest BCUT2D eigenvalue weighted by Crippen LogP contribution is -2.29. The van der Waals surface area contributed by atoms with Crippen LogP contribution in [0.4, 0.5) is 0 Å². The molecule has 10 heteroatoms. The van der Waals surface area contributed by atoms with E-state index in [-0.39, 0.29) is 32.6 Å². The van der Waals surface area contributed by atoms with E-state index in [1.54, 1.807) is 0 Å². The van der Waals surface area contributed by atoms with Crippen LogP contribution >= 0.6 is 7.82 Å². The average Bonchev–Trinajstić information content (AvgIpc) is 3.46. The molecule has 0 spiro atoms. The van der Waals surface area contributed by atoms with E-state index in [1.165, 1.54) is 51.4 Å². The normalized spacial score (nSPS) is 14.2. The second-order valence-corrected chi connectivity index (χ2v) is 21.6. The van der Waals surface area contributed by atoms with Gasteiger partial charge in [-0.15, -0.1) is 0 Å². The molecular formula is C71H114NO8P. The van der Waals surface area contributed by atoms with Crippen molar-refractivity contribution in [1.82, 2.24) is 0 Å². The first-order valence-corrected chi connectivity index (χ1v) is 33.1. The SMILES string of the molecule is CC/C=C\C/C=C\C/C=C\C/C=C\C/C=C\C/C=C\C/C=C\C/C=C\CCCCCCCCCCCCCCC(=O)OC(COC(=O)CCCCCC/C=C\C/C=C\C/C=C\C/C=C\C/C=C\C/C=C\CC)COP(=O)(O)OCCN. The number of hydrogen-bond acceptors (Lipinski definition) is 8. The van der Waals surface area contributed by atoms with Crippen LogP contribution in [-0.4, -0.2) is 49.3 Å². The summed E-state index contributed by atoms with van der Waals surface area (Å²) in [6.45, 7) is 3.47. The maximum Gasteiger partial charge on any atom is 0.472 e. The van der Waals surface area contributed by atoms with Crippen molar-refractivity contribution in [2.45, 2.75) is 238 Å². The zero-order chi connectivity index (χ0) is 58.7. The molecule has 0 aromatic carbocycles. The van der Waals surface area contributed by atoms with E-state index in [2.05, 4.69) is 184 Å². The number of carbonyl (C=O) groups is 2. The van der Waals surface area contributed by atoms with Gasteiger partial charge < -0.3 is 20.1 Å². The summed E-state index contributed by atoms with van der Waals surface area (Å²) in [5.74, 6) is -0.870. The molecule has 0 saturated carbocycles. The number of carbonyl (C=O) groups excluding carboxylic acids is 2. The first-order valence-electron chi connectivity index (χ1n) is 31.6. The second kappa shape index (κ2) is 64.5. The van der Waals surface area contributed by atoms with E-state index in [4.69, 9.17) is 24.3 Å². The summed E-state index contributed by atoms with van der Waals surface area (Å²) in [5, 5.41) is 0. The number of phosphoric acid groups is 1. The summed E-state index contributed by atoms with van der Waals surface area (Å²) in [6.07, 6.45) is 95.6. The monoisotopic (exact) mass is 1140 g/mol. The van der Waals surface area contributed by atoms with Gasteiger partial charge in [0.25, 0.3) is 0 Å². The van der Waals surface area contributed by atoms with Crippen LogP contribution in [0.2, 0.25) is 0 Å². The van der Waals surface area contributed by atoms with Crippen molar-refractivity contribution in [2.24, 2.45) is 5.73 Å². The minimum atomic E-state index is -4.41. The highest BCUT2D eigenvalue weighted by molar-refractivity contribution is 7.47. The van der Waals surface area contributed by atoms with Gasteiger partial charge >= 0.3 is 19.8 Å². The molecule has 0 rings (SSSR count). The molecule has 0 aromatic heterocycles. The highest BCUT2D eigenvalue weighted by Gasteiger charge is 2.26. The minimum absolute atomic E-state index is 0.0405. The molecule has 2 unspecified atom stereocenters. The largest absolute Gasteiger partial charge is 0.472 e. The Labute approximate surface area is 495 Å². The van der Waals surface area contributed by atoms with Crippen LogP contribution in [0.1, 0.15) is 232 Å². The van der Waals surface area contributed by atoms with E-state index in [0.717, 1.165) is 141 Å². The lowest BCUT2D eigenvalue weighted by molar-refractivity contribution is -0.161. The highest BCUT2D eigenvalue weighted by Crippen LogP contribution is 2.43. The zero-order valence-corrected chi connectivity index (χ0v) is 51.8. The van der Waals surface area contributed by atoms with Crippen molar-refractivity contribution >= 4 is 19.8 Å². The highest BCUT2D eigenvalue weighted by atomic mass is 31.2. The van der Waals surface area contributed by atoms with E-state index in [0.29, 0.717) is 12.8 Å². The molecule has 0 saturated heterocycles. The molecule has 2 atom stereocenters. The van der Waals surface area contributed by atoms with Gasteiger partial charge in [-0.25, -0.2) is 4.57 Å². The van der Waals surface area contributed by atoms with Crippen LogP contribution < -0.4 is 5.73 Å². The standard InChI is InChI=1S/C71H114NO8P/c1-3-5-7-9-11-13-15-17-19-21-23-25-27-28-29-30-31-32-33-34-35-36-37-38-39-40-42-44-46-48-50-52-54-56-58-60-62-64-71(74)80-69(68-79-81(75,76)78-66-65-72)67-77-70(73)63-61-59-57-55-53-51-49-47-45-43-41-26-24-22-20-18-16-14-12-10-8-6-4-2/h5-8,11-14,17-20,23-26,28-29,31-32,34-35,37-38,43,45,49,51,69H,3-4,9-10,15-16,21-22,27,30,33,36,39-42,44,46-48,50,52-68,72H2,1-2H3,(H,75,76)/b7-5-,8-6-,13-11-,14-12-,19-17-,20-18-,25-23-,26-24-,29-28-,32-31-,35-34-,38-37-,45-43-,51-49-. The molecular weight excluding hydrogens is 1030 g/mol. The van der Waals surface area contributed by atoms with Crippen molar-refractivity contribution in [2.75, 3.05) is 26.4 Å². The zero-order valence-electron chi connectivity index (χ0n) is 50.9. The van der Waals surface area contributed by atoms with Crippen molar-refractivity contribution in [3.8, 4) is 0 Å². The Morgan fingerprint density at radius 3 is 0.951 bits per heavy atom. The molecule has 0 aliphatic rings. The van der Waals surface area contributed by atoms with Gasteiger partial charge in [0.1, 0.15) is 6.61 Å². The fourth-order valence-corrected chi connectivity index (χ4v) is 8.77. The van der Waals surface area contributed by atoms with Gasteiger partial charge in [0.15, 0.2) is 6.10 Å². The van der Waals surface area contributed by atoms with Gasteiger partial charge in [0.05, 0.1) is 13.2 Å². The van der Waals surface area contributed by atoms with Crippen molar-refractivity contribution < 1.29 is 37.6 Å². The third-order valence-corrected chi connectivity index (χ3v) is 13.6. The van der Waals surface area contributed by atoms with Crippen molar-refractivity contribution in [3.05, 3.63) is 170 Å². The van der Waals surface area contributed by atoms with Crippen LogP contribution in [0, 0.1) is 0 Å². The summed E-state index contributed by atoms with van der Waals surface area (Å²) < 4.78 is 33.1. The first kappa shape index (κ1) is 76.4. The van der Waals surface area contributed by atoms with Gasteiger partial charge in [-0.05, 0) is 128 Å². The van der Waals surface area contributed by atoms with Gasteiger partial charge in [-0.3, -0.25) is 18.6 Å². The topological polar surface area (TPSA) is 134 Å². The molecule has 0 aromatic rings. The minimum Gasteiger partial charge on any atom is -0.462 e. The van der Waals surface area contributed by atoms with Crippen LogP contribution in [0.5, 0.6) is 0 Å². The number of hydrogen-bond donors (Lipinski definition) is 2. The molecule has 0 amide bonds. The Balaban J connectivity index is 4.02. The Morgan fingerprint density at radius 1 is 0.370 bits per heavy atom. The predicted molar refractivity (Wildman–Crippen MR) is 348 cm³/mol. The van der Waals surface area contributed by atoms with Crippen LogP contribution in [-0.2, 0) is 32.7 Å². The number of esters is 2. The molecule has 0 bridgehead atoms. The van der Waals surface area contributed by atoms with Crippen molar-refractivity contribution in [3.63, 3.8) is 0 Å². The number of phosphoric ester groups is 1. The third kappa shape index (κ3) is 64.4. The Kier molecular flexibility index (Phi) is 60.8. The summed E-state index contributed by atoms with van der Waals surface area (Å²) in [6, 6.07) is 0. The molecule has 0 aliphatic heterocycles. The Morgan fingerprint density at radius 2 is 0.642 bits per heavy atom. The average molecular weight is 1140 g/mol. The van der Waals surface area contributed by atoms with Crippen LogP contribution in [0.15, 0.2) is 170 Å². The van der Waals surface area contributed by atoms with Gasteiger partial charge in [0.2, 0.25) is 0 Å². The second-order valence-electron chi connectivity index (χ2n) is 20.2. The number of nitrogens with two attached hydrogens (primary N) is 1. The number of unbranched alkanes of at least 4 members (excludes halogenated alkanes) is 16. The maximum atomic E-state index is 12.7. The molecule has 0 heterocycles. The molecule has 3 N–H and O–H groups in total. The van der Waals surface area contributed by atoms with E-state index in [9.17, 15) is 19.0 Å². The van der Waals surface area contributed by atoms with E-state index in [1.807, 2.05) is 0 Å². The number of ether oxygens (including phenoxy) is 2. The number of allylic oxidation sites excluding steroid dienone is 28. The molecule has 81 heavy (non-hydrogen) atoms. The van der Waals surface area contributed by atoms with Gasteiger partial charge in [-0.1, -0.05) is 261 Å². The Bertz CT molecular complexity index is 1930. The molecule has 9 nitrogen and oxygen atoms in total. The fourth-order valence-electron chi connectivity index (χ4n) is 8.01. The summed E-state index contributed by atoms with van der Waals surface area (Å²) in [7, 11) is -4.41. The van der Waals surface area contributed by atoms with Gasteiger partial charge in [0, 0.05) is 19.4 Å². The lowest BCUT2D eigenvalue weighted by Gasteiger charge is -2.19. The maximum absolute atomic E-state index is 12.7. The van der Waals surface area contributed by atoms with Crippen LogP contribution in [0.3, 0.4) is 0 Å². The lowest BCUT2D eigenvalue weighted by atomic mass is 10.0.